The fourth-order valence-electron chi connectivity index (χ4n) is 1.92. The summed E-state index contributed by atoms with van der Waals surface area (Å²) in [6.07, 6.45) is 1.37. The first-order valence-corrected chi connectivity index (χ1v) is 6.62. The van der Waals surface area contributed by atoms with E-state index in [1.54, 1.807) is 18.2 Å². The van der Waals surface area contributed by atoms with Crippen LogP contribution in [0.15, 0.2) is 18.2 Å². The van der Waals surface area contributed by atoms with Crippen LogP contribution in [0.5, 0.6) is 0 Å². The second-order valence-electron chi connectivity index (χ2n) is 5.80. The number of nitrogens with one attached hydrogen (secondary N) is 2. The third-order valence-corrected chi connectivity index (χ3v) is 3.68. The molecule has 1 aliphatic rings. The minimum absolute atomic E-state index is 0.0142. The number of hydrogen-bond acceptors (Lipinski definition) is 2. The predicted octanol–water partition coefficient (Wildman–Crippen LogP) is 2.35. The summed E-state index contributed by atoms with van der Waals surface area (Å²) in [6.45, 7) is 7.01. The van der Waals surface area contributed by atoms with E-state index in [1.165, 1.54) is 0 Å². The molecule has 1 aromatic carbocycles. The first kappa shape index (κ1) is 13.6. The Morgan fingerprint density at radius 1 is 1.42 bits per heavy atom. The van der Waals surface area contributed by atoms with Crippen molar-refractivity contribution in [2.45, 2.75) is 33.6 Å². The molecule has 1 aliphatic heterocycles. The Balaban J connectivity index is 2.05. The molecule has 4 nitrogen and oxygen atoms in total. The number of hydrogen-bond donors (Lipinski definition) is 2. The van der Waals surface area contributed by atoms with Crippen molar-refractivity contribution in [3.05, 3.63) is 29.3 Å². The van der Waals surface area contributed by atoms with E-state index < -0.39 is 0 Å². The van der Waals surface area contributed by atoms with Crippen LogP contribution >= 0.6 is 0 Å². The molecule has 0 atom stereocenters. The Morgan fingerprint density at radius 2 is 2.16 bits per heavy atom. The van der Waals surface area contributed by atoms with Gasteiger partial charge in [0.25, 0.3) is 5.91 Å². The minimum Gasteiger partial charge on any atom is -0.352 e. The summed E-state index contributed by atoms with van der Waals surface area (Å²) in [7, 11) is 0. The van der Waals surface area contributed by atoms with Crippen molar-refractivity contribution in [3.63, 3.8) is 0 Å². The summed E-state index contributed by atoms with van der Waals surface area (Å²) >= 11 is 0. The molecule has 0 saturated carbocycles. The monoisotopic (exact) mass is 260 g/mol. The Morgan fingerprint density at radius 3 is 2.84 bits per heavy atom. The minimum atomic E-state index is -0.0799. The SMILES string of the molecule is CCC(C)(C)CNC(=O)c1ccc2c(c1)CC(=O)N2. The number of carbonyl (C=O) groups excluding carboxylic acids is 2. The van der Waals surface area contributed by atoms with E-state index in [0.717, 1.165) is 17.7 Å². The molecule has 0 aliphatic carbocycles. The number of amides is 2. The molecule has 4 heteroatoms. The zero-order chi connectivity index (χ0) is 14.0. The molecule has 0 fully saturated rings. The largest absolute Gasteiger partial charge is 0.352 e. The van der Waals surface area contributed by atoms with Crippen LogP contribution < -0.4 is 10.6 Å². The van der Waals surface area contributed by atoms with Gasteiger partial charge < -0.3 is 10.6 Å². The topological polar surface area (TPSA) is 58.2 Å². The van der Waals surface area contributed by atoms with Gasteiger partial charge >= 0.3 is 0 Å². The summed E-state index contributed by atoms with van der Waals surface area (Å²) < 4.78 is 0. The highest BCUT2D eigenvalue weighted by Gasteiger charge is 2.20. The third kappa shape index (κ3) is 3.13. The standard InChI is InChI=1S/C15H20N2O2/c1-4-15(2,3)9-16-14(19)10-5-6-12-11(7-10)8-13(18)17-12/h5-7H,4,8-9H2,1-3H3,(H,16,19)(H,17,18). The van der Waals surface area contributed by atoms with Gasteiger partial charge in [-0.25, -0.2) is 0 Å². The van der Waals surface area contributed by atoms with Crippen molar-refractivity contribution >= 4 is 17.5 Å². The lowest BCUT2D eigenvalue weighted by molar-refractivity contribution is -0.115. The van der Waals surface area contributed by atoms with Gasteiger partial charge in [0.2, 0.25) is 5.91 Å². The number of anilines is 1. The third-order valence-electron chi connectivity index (χ3n) is 3.68. The number of benzene rings is 1. The lowest BCUT2D eigenvalue weighted by Crippen LogP contribution is -2.33. The molecule has 0 aromatic heterocycles. The van der Waals surface area contributed by atoms with E-state index >= 15 is 0 Å². The second kappa shape index (κ2) is 5.03. The first-order chi connectivity index (χ1) is 8.91. The van der Waals surface area contributed by atoms with Crippen LogP contribution in [0.25, 0.3) is 0 Å². The molecule has 19 heavy (non-hydrogen) atoms. The van der Waals surface area contributed by atoms with E-state index in [-0.39, 0.29) is 17.2 Å². The van der Waals surface area contributed by atoms with Gasteiger partial charge in [-0.15, -0.1) is 0 Å². The quantitative estimate of drug-likeness (QED) is 0.873. The van der Waals surface area contributed by atoms with Gasteiger partial charge in [-0.3, -0.25) is 9.59 Å². The molecule has 2 rings (SSSR count). The fourth-order valence-corrected chi connectivity index (χ4v) is 1.92. The smallest absolute Gasteiger partial charge is 0.251 e. The molecular formula is C15H20N2O2. The Bertz CT molecular complexity index is 521. The first-order valence-electron chi connectivity index (χ1n) is 6.62. The summed E-state index contributed by atoms with van der Waals surface area (Å²) in [5, 5.41) is 5.71. The highest BCUT2D eigenvalue weighted by atomic mass is 16.2. The number of carbonyl (C=O) groups is 2. The zero-order valence-corrected chi connectivity index (χ0v) is 11.7. The van der Waals surface area contributed by atoms with Crippen LogP contribution in [0.1, 0.15) is 43.1 Å². The Kier molecular flexibility index (Phi) is 3.60. The van der Waals surface area contributed by atoms with Crippen molar-refractivity contribution in [3.8, 4) is 0 Å². The molecule has 0 spiro atoms. The number of fused-ring (bicyclic) bond motifs is 1. The highest BCUT2D eigenvalue weighted by molar-refractivity contribution is 6.01. The van der Waals surface area contributed by atoms with E-state index in [2.05, 4.69) is 31.4 Å². The van der Waals surface area contributed by atoms with Gasteiger partial charge in [0.05, 0.1) is 6.42 Å². The van der Waals surface area contributed by atoms with Crippen LogP contribution in [0.2, 0.25) is 0 Å². The molecule has 2 amide bonds. The average molecular weight is 260 g/mol. The second-order valence-corrected chi connectivity index (χ2v) is 5.80. The van der Waals surface area contributed by atoms with Crippen LogP contribution in [0, 0.1) is 5.41 Å². The van der Waals surface area contributed by atoms with Crippen molar-refractivity contribution in [1.29, 1.82) is 0 Å². The lowest BCUT2D eigenvalue weighted by atomic mass is 9.90. The maximum Gasteiger partial charge on any atom is 0.251 e. The maximum absolute atomic E-state index is 12.1. The maximum atomic E-state index is 12.1. The van der Waals surface area contributed by atoms with E-state index in [1.807, 2.05) is 0 Å². The van der Waals surface area contributed by atoms with Crippen molar-refractivity contribution in [1.82, 2.24) is 5.32 Å². The van der Waals surface area contributed by atoms with E-state index in [4.69, 9.17) is 0 Å². The molecule has 0 radical (unpaired) electrons. The molecule has 0 unspecified atom stereocenters. The molecule has 1 heterocycles. The van der Waals surface area contributed by atoms with Crippen LogP contribution in [-0.4, -0.2) is 18.4 Å². The number of rotatable bonds is 4. The fraction of sp³-hybridized carbons (Fsp3) is 0.467. The normalized spacial score (nSPS) is 13.9. The molecular weight excluding hydrogens is 240 g/mol. The van der Waals surface area contributed by atoms with Crippen LogP contribution in [-0.2, 0) is 11.2 Å². The van der Waals surface area contributed by atoms with Crippen LogP contribution in [0.4, 0.5) is 5.69 Å². The highest BCUT2D eigenvalue weighted by Crippen LogP contribution is 2.24. The van der Waals surface area contributed by atoms with Gasteiger partial charge in [-0.2, -0.15) is 0 Å². The van der Waals surface area contributed by atoms with Gasteiger partial charge in [0.15, 0.2) is 0 Å². The molecule has 1 aromatic rings. The summed E-state index contributed by atoms with van der Waals surface area (Å²) in [4.78, 5) is 23.3. The van der Waals surface area contributed by atoms with E-state index in [9.17, 15) is 9.59 Å². The summed E-state index contributed by atoms with van der Waals surface area (Å²) in [5.74, 6) is -0.0941. The van der Waals surface area contributed by atoms with Gasteiger partial charge in [-0.1, -0.05) is 20.8 Å². The summed E-state index contributed by atoms with van der Waals surface area (Å²) in [6, 6.07) is 5.33. The Labute approximate surface area is 113 Å². The summed E-state index contributed by atoms with van der Waals surface area (Å²) in [5.41, 5.74) is 2.43. The predicted molar refractivity (Wildman–Crippen MR) is 75.2 cm³/mol. The molecule has 2 N–H and O–H groups in total. The molecule has 0 bridgehead atoms. The van der Waals surface area contributed by atoms with Gasteiger partial charge in [0.1, 0.15) is 0 Å². The van der Waals surface area contributed by atoms with Gasteiger partial charge in [0, 0.05) is 17.8 Å². The van der Waals surface area contributed by atoms with Crippen molar-refractivity contribution in [2.24, 2.45) is 5.41 Å². The lowest BCUT2D eigenvalue weighted by Gasteiger charge is -2.22. The molecule has 102 valence electrons. The Hall–Kier alpha value is -1.84. The molecule has 0 saturated heterocycles. The zero-order valence-electron chi connectivity index (χ0n) is 11.7. The van der Waals surface area contributed by atoms with Crippen molar-refractivity contribution < 1.29 is 9.59 Å². The van der Waals surface area contributed by atoms with Crippen LogP contribution in [0.3, 0.4) is 0 Å². The average Bonchev–Trinajstić information content (AvgIpc) is 2.75. The van der Waals surface area contributed by atoms with Crippen molar-refractivity contribution in [2.75, 3.05) is 11.9 Å². The van der Waals surface area contributed by atoms with E-state index in [0.29, 0.717) is 18.5 Å². The van der Waals surface area contributed by atoms with Gasteiger partial charge in [-0.05, 0) is 35.6 Å².